The lowest BCUT2D eigenvalue weighted by atomic mass is 10.2. The Bertz CT molecular complexity index is 765. The molecule has 2 atom stereocenters. The van der Waals surface area contributed by atoms with E-state index in [1.807, 2.05) is 31.2 Å². The molecule has 0 fully saturated rings. The van der Waals surface area contributed by atoms with E-state index in [0.717, 1.165) is 11.3 Å². The number of halogens is 1. The summed E-state index contributed by atoms with van der Waals surface area (Å²) in [6.07, 6.45) is -0.860. The Kier molecular flexibility index (Phi) is 5.34. The summed E-state index contributed by atoms with van der Waals surface area (Å²) >= 11 is 5.99. The topological polar surface area (TPSA) is 56.8 Å². The summed E-state index contributed by atoms with van der Waals surface area (Å²) in [5.41, 5.74) is 0.901. The van der Waals surface area contributed by atoms with Gasteiger partial charge in [-0.15, -0.1) is 0 Å². The molecule has 0 bridgehead atoms. The first kappa shape index (κ1) is 17.4. The molecule has 1 aliphatic rings. The minimum absolute atomic E-state index is 0.213. The number of fused-ring (bicyclic) bond motifs is 1. The van der Waals surface area contributed by atoms with E-state index in [1.54, 1.807) is 25.1 Å². The molecule has 0 radical (unpaired) electrons. The molecule has 1 N–H and O–H groups in total. The van der Waals surface area contributed by atoms with Crippen LogP contribution in [-0.4, -0.2) is 31.3 Å². The normalized spacial score (nSPS) is 16.8. The van der Waals surface area contributed by atoms with Crippen LogP contribution in [0, 0.1) is 6.92 Å². The predicted octanol–water partition coefficient (Wildman–Crippen LogP) is 3.37. The van der Waals surface area contributed by atoms with Gasteiger partial charge in [-0.05, 0) is 49.7 Å². The van der Waals surface area contributed by atoms with Crippen molar-refractivity contribution >= 4 is 17.5 Å². The SMILES string of the molecule is Cc1cc(O[C@H](C)C(=O)NC[C@@H]2COc3ccccc3O2)ccc1Cl. The summed E-state index contributed by atoms with van der Waals surface area (Å²) in [5.74, 6) is 1.81. The van der Waals surface area contributed by atoms with Crippen LogP contribution >= 0.6 is 11.6 Å². The number of para-hydroxylation sites is 2. The molecule has 0 saturated heterocycles. The molecule has 2 aromatic carbocycles. The maximum absolute atomic E-state index is 12.2. The highest BCUT2D eigenvalue weighted by molar-refractivity contribution is 6.31. The molecule has 2 aromatic rings. The summed E-state index contributed by atoms with van der Waals surface area (Å²) in [6, 6.07) is 12.8. The number of nitrogens with one attached hydrogen (secondary N) is 1. The average Bonchev–Trinajstić information content (AvgIpc) is 2.62. The Hall–Kier alpha value is -2.40. The highest BCUT2D eigenvalue weighted by Crippen LogP contribution is 2.30. The molecular formula is C19H20ClNO4. The Balaban J connectivity index is 1.50. The minimum Gasteiger partial charge on any atom is -0.486 e. The van der Waals surface area contributed by atoms with Gasteiger partial charge >= 0.3 is 0 Å². The Morgan fingerprint density at radius 1 is 1.32 bits per heavy atom. The van der Waals surface area contributed by atoms with Gasteiger partial charge < -0.3 is 19.5 Å². The zero-order valence-electron chi connectivity index (χ0n) is 14.1. The number of hydrogen-bond acceptors (Lipinski definition) is 4. The number of ether oxygens (including phenoxy) is 3. The van der Waals surface area contributed by atoms with E-state index in [0.29, 0.717) is 29.7 Å². The maximum Gasteiger partial charge on any atom is 0.260 e. The van der Waals surface area contributed by atoms with Crippen LogP contribution in [0.15, 0.2) is 42.5 Å². The van der Waals surface area contributed by atoms with Crippen LogP contribution in [0.4, 0.5) is 0 Å². The standard InChI is InChI=1S/C19H20ClNO4/c1-12-9-14(7-8-16(12)20)24-13(2)19(22)21-10-15-11-23-17-5-3-4-6-18(17)25-15/h3-9,13,15H,10-11H2,1-2H3,(H,21,22)/t13-,15-/m1/s1. The van der Waals surface area contributed by atoms with Crippen LogP contribution in [0.5, 0.6) is 17.2 Å². The van der Waals surface area contributed by atoms with Crippen molar-refractivity contribution in [3.8, 4) is 17.2 Å². The van der Waals surface area contributed by atoms with Gasteiger partial charge in [-0.25, -0.2) is 0 Å². The monoisotopic (exact) mass is 361 g/mol. The van der Waals surface area contributed by atoms with Crippen LogP contribution in [0.1, 0.15) is 12.5 Å². The summed E-state index contributed by atoms with van der Waals surface area (Å²) in [7, 11) is 0. The lowest BCUT2D eigenvalue weighted by molar-refractivity contribution is -0.127. The van der Waals surface area contributed by atoms with E-state index in [2.05, 4.69) is 5.32 Å². The third-order valence-corrected chi connectivity index (χ3v) is 4.31. The zero-order valence-corrected chi connectivity index (χ0v) is 14.9. The third kappa shape index (κ3) is 4.37. The van der Waals surface area contributed by atoms with Crippen molar-refractivity contribution in [3.63, 3.8) is 0 Å². The molecule has 132 valence electrons. The van der Waals surface area contributed by atoms with Crippen LogP contribution in [-0.2, 0) is 4.79 Å². The van der Waals surface area contributed by atoms with Gasteiger partial charge in [-0.1, -0.05) is 23.7 Å². The second kappa shape index (κ2) is 7.66. The quantitative estimate of drug-likeness (QED) is 0.887. The largest absolute Gasteiger partial charge is 0.486 e. The third-order valence-electron chi connectivity index (χ3n) is 3.88. The first-order valence-electron chi connectivity index (χ1n) is 8.12. The van der Waals surface area contributed by atoms with Crippen LogP contribution in [0.3, 0.4) is 0 Å². The summed E-state index contributed by atoms with van der Waals surface area (Å²) in [4.78, 5) is 12.2. The molecular weight excluding hydrogens is 342 g/mol. The first-order valence-corrected chi connectivity index (χ1v) is 8.49. The summed E-state index contributed by atoms with van der Waals surface area (Å²) in [5, 5.41) is 3.50. The molecule has 0 aliphatic carbocycles. The van der Waals surface area contributed by atoms with Crippen LogP contribution in [0.2, 0.25) is 5.02 Å². The summed E-state index contributed by atoms with van der Waals surface area (Å²) < 4.78 is 17.1. The molecule has 0 saturated carbocycles. The molecule has 25 heavy (non-hydrogen) atoms. The molecule has 5 nitrogen and oxygen atoms in total. The second-order valence-electron chi connectivity index (χ2n) is 5.91. The average molecular weight is 362 g/mol. The molecule has 6 heteroatoms. The van der Waals surface area contributed by atoms with Gasteiger partial charge in [0.25, 0.3) is 5.91 Å². The van der Waals surface area contributed by atoms with Crippen LogP contribution < -0.4 is 19.5 Å². The first-order chi connectivity index (χ1) is 12.0. The fourth-order valence-corrected chi connectivity index (χ4v) is 2.59. The minimum atomic E-state index is -0.627. The van der Waals surface area contributed by atoms with Crippen molar-refractivity contribution in [2.45, 2.75) is 26.1 Å². The number of hydrogen-bond donors (Lipinski definition) is 1. The number of amides is 1. The highest BCUT2D eigenvalue weighted by Gasteiger charge is 2.22. The van der Waals surface area contributed by atoms with Gasteiger partial charge in [0, 0.05) is 5.02 Å². The van der Waals surface area contributed by atoms with Gasteiger partial charge in [-0.2, -0.15) is 0 Å². The maximum atomic E-state index is 12.2. The number of carbonyl (C=O) groups is 1. The van der Waals surface area contributed by atoms with Gasteiger partial charge in [0.05, 0.1) is 6.54 Å². The lowest BCUT2D eigenvalue weighted by Gasteiger charge is -2.27. The molecule has 0 unspecified atom stereocenters. The van der Waals surface area contributed by atoms with Gasteiger partial charge in [0.1, 0.15) is 18.5 Å². The fourth-order valence-electron chi connectivity index (χ4n) is 2.47. The van der Waals surface area contributed by atoms with Gasteiger partial charge in [0.2, 0.25) is 0 Å². The molecule has 1 heterocycles. The van der Waals surface area contributed by atoms with Crippen LogP contribution in [0.25, 0.3) is 0 Å². The van der Waals surface area contributed by atoms with Crippen molar-refractivity contribution in [1.29, 1.82) is 0 Å². The number of aryl methyl sites for hydroxylation is 1. The number of benzene rings is 2. The van der Waals surface area contributed by atoms with E-state index < -0.39 is 6.10 Å². The molecule has 3 rings (SSSR count). The number of carbonyl (C=O) groups excluding carboxylic acids is 1. The van der Waals surface area contributed by atoms with E-state index in [9.17, 15) is 4.79 Å². The Morgan fingerprint density at radius 2 is 2.08 bits per heavy atom. The van der Waals surface area contributed by atoms with Crippen molar-refractivity contribution < 1.29 is 19.0 Å². The number of rotatable bonds is 5. The molecule has 1 aliphatic heterocycles. The second-order valence-corrected chi connectivity index (χ2v) is 6.32. The summed E-state index contributed by atoms with van der Waals surface area (Å²) in [6.45, 7) is 4.33. The lowest BCUT2D eigenvalue weighted by Crippen LogP contribution is -2.44. The van der Waals surface area contributed by atoms with E-state index in [1.165, 1.54) is 0 Å². The van der Waals surface area contributed by atoms with Gasteiger partial charge in [0.15, 0.2) is 17.6 Å². The predicted molar refractivity (Wildman–Crippen MR) is 95.6 cm³/mol. The van der Waals surface area contributed by atoms with Crippen molar-refractivity contribution in [3.05, 3.63) is 53.1 Å². The fraction of sp³-hybridized carbons (Fsp3) is 0.316. The van der Waals surface area contributed by atoms with E-state index in [-0.39, 0.29) is 12.0 Å². The van der Waals surface area contributed by atoms with Crippen molar-refractivity contribution in [1.82, 2.24) is 5.32 Å². The molecule has 1 amide bonds. The van der Waals surface area contributed by atoms with Crippen molar-refractivity contribution in [2.75, 3.05) is 13.2 Å². The Morgan fingerprint density at radius 3 is 2.84 bits per heavy atom. The molecule has 0 spiro atoms. The van der Waals surface area contributed by atoms with Gasteiger partial charge in [-0.3, -0.25) is 4.79 Å². The van der Waals surface area contributed by atoms with E-state index in [4.69, 9.17) is 25.8 Å². The highest BCUT2D eigenvalue weighted by atomic mass is 35.5. The Labute approximate surface area is 151 Å². The van der Waals surface area contributed by atoms with E-state index >= 15 is 0 Å². The molecule has 0 aromatic heterocycles. The zero-order chi connectivity index (χ0) is 17.8. The smallest absolute Gasteiger partial charge is 0.260 e. The van der Waals surface area contributed by atoms with Crippen molar-refractivity contribution in [2.24, 2.45) is 0 Å².